The molecule has 0 bridgehead atoms. The van der Waals surface area contributed by atoms with E-state index in [-0.39, 0.29) is 11.9 Å². The Balaban J connectivity index is 2.26. The van der Waals surface area contributed by atoms with Gasteiger partial charge in [0.15, 0.2) is 5.69 Å². The van der Waals surface area contributed by atoms with Crippen LogP contribution in [0.5, 0.6) is 0 Å². The minimum Gasteiger partial charge on any atom is -0.458 e. The number of carbonyl (C=O) groups excluding carboxylic acids is 1. The highest BCUT2D eigenvalue weighted by Crippen LogP contribution is 2.25. The minimum absolute atomic E-state index is 0.189. The van der Waals surface area contributed by atoms with E-state index in [1.165, 1.54) is 12.1 Å². The summed E-state index contributed by atoms with van der Waals surface area (Å²) in [6.45, 7) is 5.42. The average Bonchev–Trinajstić information content (AvgIpc) is 2.45. The first kappa shape index (κ1) is 16.6. The normalized spacial score (nSPS) is 10.8. The van der Waals surface area contributed by atoms with Crippen LogP contribution in [0, 0.1) is 12.7 Å². The third-order valence-electron chi connectivity index (χ3n) is 3.16. The lowest BCUT2D eigenvalue weighted by Gasteiger charge is -2.12. The molecule has 0 amide bonds. The van der Waals surface area contributed by atoms with Crippen LogP contribution in [0.2, 0.25) is 0 Å². The van der Waals surface area contributed by atoms with Crippen molar-refractivity contribution in [1.82, 2.24) is 4.98 Å². The quantitative estimate of drug-likeness (QED) is 0.751. The zero-order valence-corrected chi connectivity index (χ0v) is 14.3. The van der Waals surface area contributed by atoms with Crippen LogP contribution in [0.25, 0.3) is 0 Å². The number of hydrogen-bond donors (Lipinski definition) is 0. The fraction of sp³-hybridized carbons (Fsp3) is 0.294. The molecule has 116 valence electrons. The molecule has 0 unspecified atom stereocenters. The van der Waals surface area contributed by atoms with Crippen molar-refractivity contribution in [2.75, 3.05) is 0 Å². The summed E-state index contributed by atoms with van der Waals surface area (Å²) in [7, 11) is 0. The summed E-state index contributed by atoms with van der Waals surface area (Å²) in [5.41, 5.74) is 2.96. The molecule has 0 saturated heterocycles. The zero-order valence-electron chi connectivity index (χ0n) is 12.7. The number of hydrogen-bond acceptors (Lipinski definition) is 3. The van der Waals surface area contributed by atoms with Gasteiger partial charge in [-0.05, 0) is 49.6 Å². The highest BCUT2D eigenvalue weighted by atomic mass is 79.9. The Morgan fingerprint density at radius 1 is 1.32 bits per heavy atom. The van der Waals surface area contributed by atoms with Crippen LogP contribution in [-0.4, -0.2) is 17.1 Å². The number of aromatic nitrogens is 1. The van der Waals surface area contributed by atoms with E-state index >= 15 is 0 Å². The van der Waals surface area contributed by atoms with Gasteiger partial charge in [0.1, 0.15) is 5.82 Å². The molecule has 1 aromatic heterocycles. The second-order valence-corrected chi connectivity index (χ2v) is 6.12. The second-order valence-electron chi connectivity index (χ2n) is 5.33. The van der Waals surface area contributed by atoms with E-state index in [4.69, 9.17) is 4.74 Å². The van der Waals surface area contributed by atoms with Gasteiger partial charge in [-0.3, -0.25) is 0 Å². The van der Waals surface area contributed by atoms with Crippen molar-refractivity contribution in [1.29, 1.82) is 0 Å². The molecule has 22 heavy (non-hydrogen) atoms. The molecule has 3 nitrogen and oxygen atoms in total. The standard InChI is InChI=1S/C17H17BrFNO2/c1-10(2)22-17(21)16-11(3)15(18)13(9-20-16)8-12-4-6-14(19)7-5-12/h4-7,9-10H,8H2,1-3H3. The Labute approximate surface area is 137 Å². The first-order valence-electron chi connectivity index (χ1n) is 6.98. The van der Waals surface area contributed by atoms with Gasteiger partial charge in [0.05, 0.1) is 6.10 Å². The van der Waals surface area contributed by atoms with Gasteiger partial charge in [-0.1, -0.05) is 28.1 Å². The molecule has 0 spiro atoms. The van der Waals surface area contributed by atoms with Crippen LogP contribution in [0.3, 0.4) is 0 Å². The monoisotopic (exact) mass is 365 g/mol. The molecule has 0 aliphatic rings. The number of nitrogens with zero attached hydrogens (tertiary/aromatic N) is 1. The third-order valence-corrected chi connectivity index (χ3v) is 4.26. The summed E-state index contributed by atoms with van der Waals surface area (Å²) < 4.78 is 18.9. The molecule has 5 heteroatoms. The molecule has 2 aromatic rings. The van der Waals surface area contributed by atoms with Gasteiger partial charge in [0, 0.05) is 17.1 Å². The number of carbonyl (C=O) groups is 1. The molecule has 0 radical (unpaired) electrons. The lowest BCUT2D eigenvalue weighted by Crippen LogP contribution is -2.15. The molecule has 0 fully saturated rings. The van der Waals surface area contributed by atoms with Gasteiger partial charge >= 0.3 is 5.97 Å². The first-order chi connectivity index (χ1) is 10.4. The summed E-state index contributed by atoms with van der Waals surface area (Å²) >= 11 is 3.52. The zero-order chi connectivity index (χ0) is 16.3. The van der Waals surface area contributed by atoms with Crippen molar-refractivity contribution in [3.63, 3.8) is 0 Å². The molecule has 2 rings (SSSR count). The van der Waals surface area contributed by atoms with Gasteiger partial charge in [-0.2, -0.15) is 0 Å². The van der Waals surface area contributed by atoms with Gasteiger partial charge in [-0.15, -0.1) is 0 Å². The third kappa shape index (κ3) is 3.91. The maximum absolute atomic E-state index is 12.9. The van der Waals surface area contributed by atoms with E-state index in [9.17, 15) is 9.18 Å². The Hall–Kier alpha value is -1.75. The molecule has 0 N–H and O–H groups in total. The number of pyridine rings is 1. The van der Waals surface area contributed by atoms with Crippen molar-refractivity contribution in [2.45, 2.75) is 33.3 Å². The Kier molecular flexibility index (Phi) is 5.29. The van der Waals surface area contributed by atoms with Crippen molar-refractivity contribution < 1.29 is 13.9 Å². The second kappa shape index (κ2) is 7.01. The summed E-state index contributed by atoms with van der Waals surface area (Å²) in [6.07, 6.45) is 2.07. The van der Waals surface area contributed by atoms with Crippen molar-refractivity contribution >= 4 is 21.9 Å². The van der Waals surface area contributed by atoms with E-state index < -0.39 is 5.97 Å². The van der Waals surface area contributed by atoms with E-state index in [1.807, 2.05) is 6.92 Å². The average molecular weight is 366 g/mol. The summed E-state index contributed by atoms with van der Waals surface area (Å²) in [4.78, 5) is 16.2. The number of benzene rings is 1. The minimum atomic E-state index is -0.429. The molecule has 0 atom stereocenters. The fourth-order valence-corrected chi connectivity index (χ4v) is 2.49. The lowest BCUT2D eigenvalue weighted by molar-refractivity contribution is 0.0370. The summed E-state index contributed by atoms with van der Waals surface area (Å²) in [5.74, 6) is -0.689. The maximum Gasteiger partial charge on any atom is 0.357 e. The predicted molar refractivity (Wildman–Crippen MR) is 86.4 cm³/mol. The Morgan fingerprint density at radius 2 is 1.95 bits per heavy atom. The smallest absolute Gasteiger partial charge is 0.357 e. The highest BCUT2D eigenvalue weighted by Gasteiger charge is 2.18. The Morgan fingerprint density at radius 3 is 2.55 bits per heavy atom. The number of rotatable bonds is 4. The largest absolute Gasteiger partial charge is 0.458 e. The van der Waals surface area contributed by atoms with Gasteiger partial charge in [0.25, 0.3) is 0 Å². The molecule has 0 aliphatic heterocycles. The SMILES string of the molecule is Cc1c(C(=O)OC(C)C)ncc(Cc2ccc(F)cc2)c1Br. The maximum atomic E-state index is 12.9. The summed E-state index contributed by atoms with van der Waals surface area (Å²) in [5, 5.41) is 0. The summed E-state index contributed by atoms with van der Waals surface area (Å²) in [6, 6.07) is 6.33. The van der Waals surface area contributed by atoms with Crippen LogP contribution in [0.4, 0.5) is 4.39 Å². The van der Waals surface area contributed by atoms with Gasteiger partial charge < -0.3 is 4.74 Å². The number of ether oxygens (including phenoxy) is 1. The van der Waals surface area contributed by atoms with Crippen LogP contribution in [0.1, 0.15) is 41.0 Å². The van der Waals surface area contributed by atoms with Crippen LogP contribution < -0.4 is 0 Å². The van der Waals surface area contributed by atoms with E-state index in [0.29, 0.717) is 12.1 Å². The van der Waals surface area contributed by atoms with Crippen molar-refractivity contribution in [3.8, 4) is 0 Å². The molecular formula is C17H17BrFNO2. The van der Waals surface area contributed by atoms with Crippen LogP contribution >= 0.6 is 15.9 Å². The van der Waals surface area contributed by atoms with Crippen molar-refractivity contribution in [3.05, 3.63) is 63.1 Å². The number of esters is 1. The van der Waals surface area contributed by atoms with Crippen LogP contribution in [-0.2, 0) is 11.2 Å². The van der Waals surface area contributed by atoms with Gasteiger partial charge in [0.2, 0.25) is 0 Å². The Bertz CT molecular complexity index is 684. The predicted octanol–water partition coefficient (Wildman–Crippen LogP) is 4.45. The fourth-order valence-electron chi connectivity index (χ4n) is 2.06. The molecular weight excluding hydrogens is 349 g/mol. The van der Waals surface area contributed by atoms with Crippen molar-refractivity contribution in [2.24, 2.45) is 0 Å². The molecule has 1 aromatic carbocycles. The van der Waals surface area contributed by atoms with E-state index in [2.05, 4.69) is 20.9 Å². The van der Waals surface area contributed by atoms with Crippen LogP contribution in [0.15, 0.2) is 34.9 Å². The molecule has 0 aliphatic carbocycles. The van der Waals surface area contributed by atoms with E-state index in [0.717, 1.165) is 21.2 Å². The topological polar surface area (TPSA) is 39.2 Å². The highest BCUT2D eigenvalue weighted by molar-refractivity contribution is 9.10. The lowest BCUT2D eigenvalue weighted by atomic mass is 10.0. The van der Waals surface area contributed by atoms with E-state index in [1.54, 1.807) is 32.2 Å². The van der Waals surface area contributed by atoms with Gasteiger partial charge in [-0.25, -0.2) is 14.2 Å². The number of halogens is 2. The molecule has 0 saturated carbocycles. The first-order valence-corrected chi connectivity index (χ1v) is 7.77. The molecule has 1 heterocycles.